The van der Waals surface area contributed by atoms with E-state index in [2.05, 4.69) is 44.8 Å². The van der Waals surface area contributed by atoms with Crippen molar-refractivity contribution in [3.8, 4) is 0 Å². The first-order valence-electron chi connectivity index (χ1n) is 7.50. The Bertz CT molecular complexity index is 703. The number of hydrogen-bond donors (Lipinski definition) is 0. The number of rotatable bonds is 6. The largest absolute Gasteiger partial charge is 0.311 e. The molecule has 1 radical (unpaired) electrons. The molecule has 0 N–H and O–H groups in total. The summed E-state index contributed by atoms with van der Waals surface area (Å²) in [6.07, 6.45) is 9.29. The molecule has 0 unspecified atom stereocenters. The second-order valence-electron chi connectivity index (χ2n) is 5.24. The molecular formula is C17H19N4. The van der Waals surface area contributed by atoms with E-state index in [1.54, 1.807) is 0 Å². The molecule has 0 aliphatic rings. The van der Waals surface area contributed by atoms with Crippen LogP contribution in [0.5, 0.6) is 0 Å². The van der Waals surface area contributed by atoms with E-state index in [1.165, 1.54) is 18.4 Å². The molecule has 4 nitrogen and oxygen atoms in total. The fourth-order valence-electron chi connectivity index (χ4n) is 2.38. The van der Waals surface area contributed by atoms with Crippen molar-refractivity contribution in [2.75, 3.05) is 0 Å². The summed E-state index contributed by atoms with van der Waals surface area (Å²) in [5, 5.41) is 0. The van der Waals surface area contributed by atoms with Crippen LogP contribution in [0.15, 0.2) is 36.7 Å². The lowest BCUT2D eigenvalue weighted by Gasteiger charge is -2.04. The van der Waals surface area contributed by atoms with Gasteiger partial charge in [-0.15, -0.1) is 0 Å². The summed E-state index contributed by atoms with van der Waals surface area (Å²) in [6, 6.07) is 10.3. The molecule has 0 fully saturated rings. The van der Waals surface area contributed by atoms with E-state index in [-0.39, 0.29) is 0 Å². The van der Waals surface area contributed by atoms with E-state index in [0.29, 0.717) is 0 Å². The Kier molecular flexibility index (Phi) is 4.24. The van der Waals surface area contributed by atoms with Gasteiger partial charge in [-0.25, -0.2) is 15.0 Å². The highest BCUT2D eigenvalue weighted by Gasteiger charge is 2.07. The maximum Gasteiger partial charge on any atom is 0.164 e. The second-order valence-corrected chi connectivity index (χ2v) is 5.24. The van der Waals surface area contributed by atoms with Crippen molar-refractivity contribution in [1.29, 1.82) is 0 Å². The van der Waals surface area contributed by atoms with Crippen LogP contribution in [0.3, 0.4) is 0 Å². The first-order chi connectivity index (χ1) is 10.4. The minimum atomic E-state index is 0.741. The summed E-state index contributed by atoms with van der Waals surface area (Å²) in [6.45, 7) is 2.97. The minimum absolute atomic E-state index is 0.741. The predicted octanol–water partition coefficient (Wildman–Crippen LogP) is 3.41. The maximum atomic E-state index is 4.66. The molecule has 0 atom stereocenters. The standard InChI is InChI=1S/C17H19N4/c1-2-3-5-10-16-18-11-15-17(20-16)21(13-19-15)12-14-8-6-4-7-9-14/h4,6-9,13H,2-3,5,10,12H2,1H3. The van der Waals surface area contributed by atoms with Crippen LogP contribution in [0, 0.1) is 6.20 Å². The molecule has 0 bridgehead atoms. The Morgan fingerprint density at radius 3 is 2.81 bits per heavy atom. The fourth-order valence-corrected chi connectivity index (χ4v) is 2.38. The summed E-state index contributed by atoms with van der Waals surface area (Å²) >= 11 is 0. The SMILES string of the molecule is CCCCCc1n[c]c2ncn(Cc3ccccc3)c2n1. The van der Waals surface area contributed by atoms with Crippen LogP contribution in [0.2, 0.25) is 0 Å². The van der Waals surface area contributed by atoms with Crippen LogP contribution >= 0.6 is 0 Å². The van der Waals surface area contributed by atoms with Crippen LogP contribution in [0.4, 0.5) is 0 Å². The molecule has 4 heteroatoms. The third kappa shape index (κ3) is 3.27. The Labute approximate surface area is 124 Å². The van der Waals surface area contributed by atoms with E-state index < -0.39 is 0 Å². The molecule has 2 heterocycles. The van der Waals surface area contributed by atoms with Crippen molar-refractivity contribution in [2.45, 2.75) is 39.2 Å². The molecule has 0 aliphatic carbocycles. The highest BCUT2D eigenvalue weighted by molar-refractivity contribution is 5.68. The average Bonchev–Trinajstić information content (AvgIpc) is 2.91. The lowest BCUT2D eigenvalue weighted by Crippen LogP contribution is -2.02. The molecule has 0 aliphatic heterocycles. The number of imidazole rings is 1. The number of aryl methyl sites for hydroxylation is 1. The van der Waals surface area contributed by atoms with Gasteiger partial charge in [0.15, 0.2) is 5.65 Å². The predicted molar refractivity (Wildman–Crippen MR) is 82.9 cm³/mol. The van der Waals surface area contributed by atoms with Crippen molar-refractivity contribution in [3.05, 3.63) is 54.2 Å². The Morgan fingerprint density at radius 1 is 1.14 bits per heavy atom. The molecule has 0 saturated carbocycles. The highest BCUT2D eigenvalue weighted by atomic mass is 15.1. The van der Waals surface area contributed by atoms with Gasteiger partial charge in [0.1, 0.15) is 17.5 Å². The van der Waals surface area contributed by atoms with E-state index in [1.807, 2.05) is 24.5 Å². The topological polar surface area (TPSA) is 43.6 Å². The van der Waals surface area contributed by atoms with Crippen molar-refractivity contribution in [3.63, 3.8) is 0 Å². The normalized spacial score (nSPS) is 11.1. The number of benzene rings is 1. The van der Waals surface area contributed by atoms with Crippen LogP contribution in [-0.4, -0.2) is 19.5 Å². The molecule has 1 aromatic carbocycles. The molecular weight excluding hydrogens is 260 g/mol. The van der Waals surface area contributed by atoms with Crippen molar-refractivity contribution in [2.24, 2.45) is 0 Å². The number of unbranched alkanes of at least 4 members (excludes halogenated alkanes) is 2. The monoisotopic (exact) mass is 279 g/mol. The van der Waals surface area contributed by atoms with Gasteiger partial charge in [0.25, 0.3) is 0 Å². The quantitative estimate of drug-likeness (QED) is 0.649. The fraction of sp³-hybridized carbons (Fsp3) is 0.353. The molecule has 0 saturated heterocycles. The van der Waals surface area contributed by atoms with Gasteiger partial charge in [-0.3, -0.25) is 0 Å². The smallest absolute Gasteiger partial charge is 0.164 e. The van der Waals surface area contributed by atoms with E-state index in [0.717, 1.165) is 36.4 Å². The number of hydrogen-bond acceptors (Lipinski definition) is 3. The molecule has 3 rings (SSSR count). The summed E-state index contributed by atoms with van der Waals surface area (Å²) in [5.74, 6) is 0.866. The lowest BCUT2D eigenvalue weighted by molar-refractivity contribution is 0.693. The van der Waals surface area contributed by atoms with Gasteiger partial charge < -0.3 is 4.57 Å². The highest BCUT2D eigenvalue weighted by Crippen LogP contribution is 2.12. The van der Waals surface area contributed by atoms with E-state index in [9.17, 15) is 0 Å². The van der Waals surface area contributed by atoms with Gasteiger partial charge >= 0.3 is 0 Å². The zero-order valence-corrected chi connectivity index (χ0v) is 12.3. The summed E-state index contributed by atoms with van der Waals surface area (Å²) in [7, 11) is 0. The van der Waals surface area contributed by atoms with E-state index >= 15 is 0 Å². The van der Waals surface area contributed by atoms with Crippen LogP contribution in [0.1, 0.15) is 37.6 Å². The summed E-state index contributed by atoms with van der Waals surface area (Å²) < 4.78 is 2.06. The summed E-state index contributed by atoms with van der Waals surface area (Å²) in [4.78, 5) is 13.3. The van der Waals surface area contributed by atoms with Gasteiger partial charge in [0, 0.05) is 6.42 Å². The van der Waals surface area contributed by atoms with Crippen molar-refractivity contribution in [1.82, 2.24) is 19.5 Å². The Hall–Kier alpha value is -2.23. The van der Waals surface area contributed by atoms with Gasteiger partial charge in [-0.05, 0) is 12.0 Å². The van der Waals surface area contributed by atoms with Crippen LogP contribution in [0.25, 0.3) is 11.2 Å². The first kappa shape index (κ1) is 13.7. The number of nitrogens with zero attached hydrogens (tertiary/aromatic N) is 4. The minimum Gasteiger partial charge on any atom is -0.311 e. The van der Waals surface area contributed by atoms with Gasteiger partial charge in [0.05, 0.1) is 12.9 Å². The number of aromatic nitrogens is 4. The van der Waals surface area contributed by atoms with E-state index in [4.69, 9.17) is 0 Å². The third-order valence-electron chi connectivity index (χ3n) is 3.54. The number of fused-ring (bicyclic) bond motifs is 1. The molecule has 107 valence electrons. The molecule has 3 aromatic rings. The van der Waals surface area contributed by atoms with Crippen molar-refractivity contribution >= 4 is 11.2 Å². The van der Waals surface area contributed by atoms with Gasteiger partial charge in [0.2, 0.25) is 0 Å². The average molecular weight is 279 g/mol. The zero-order valence-electron chi connectivity index (χ0n) is 12.3. The van der Waals surface area contributed by atoms with Crippen LogP contribution in [-0.2, 0) is 13.0 Å². The second kappa shape index (κ2) is 6.48. The third-order valence-corrected chi connectivity index (χ3v) is 3.54. The first-order valence-corrected chi connectivity index (χ1v) is 7.50. The van der Waals surface area contributed by atoms with Gasteiger partial charge in [-0.2, -0.15) is 0 Å². The lowest BCUT2D eigenvalue weighted by atomic mass is 10.2. The van der Waals surface area contributed by atoms with Crippen LogP contribution < -0.4 is 0 Å². The molecule has 0 amide bonds. The molecule has 21 heavy (non-hydrogen) atoms. The molecule has 0 spiro atoms. The maximum absolute atomic E-state index is 4.66. The van der Waals surface area contributed by atoms with Gasteiger partial charge in [-0.1, -0.05) is 50.1 Å². The Balaban J connectivity index is 1.83. The molecule has 2 aromatic heterocycles. The van der Waals surface area contributed by atoms with Crippen molar-refractivity contribution < 1.29 is 0 Å². The zero-order chi connectivity index (χ0) is 14.5. The summed E-state index contributed by atoms with van der Waals surface area (Å²) in [5.41, 5.74) is 2.86. The Morgan fingerprint density at radius 2 is 2.00 bits per heavy atom.